The van der Waals surface area contributed by atoms with Gasteiger partial charge in [-0.25, -0.2) is 0 Å². The van der Waals surface area contributed by atoms with Crippen molar-refractivity contribution in [1.29, 1.82) is 0 Å². The van der Waals surface area contributed by atoms with Crippen LogP contribution < -0.4 is 0 Å². The number of hydrogen-bond acceptors (Lipinski definition) is 3. The Morgan fingerprint density at radius 3 is 3.00 bits per heavy atom. The lowest BCUT2D eigenvalue weighted by atomic mass is 10.2. The highest BCUT2D eigenvalue weighted by Gasteiger charge is 2.03. The van der Waals surface area contributed by atoms with E-state index < -0.39 is 0 Å². The quantitative estimate of drug-likeness (QED) is 0.531. The molecule has 1 aromatic rings. The number of hydrogen-bond donors (Lipinski definition) is 0. The Balaban J connectivity index is 2.17. The molecule has 0 fully saturated rings. The molecule has 1 rings (SSSR count). The topological polar surface area (TPSA) is 39.2 Å². The maximum absolute atomic E-state index is 11.2. The zero-order chi connectivity index (χ0) is 10.9. The first-order valence-corrected chi connectivity index (χ1v) is 5.38. The molecule has 0 saturated heterocycles. The fourth-order valence-electron chi connectivity index (χ4n) is 1.18. The van der Waals surface area contributed by atoms with Crippen LogP contribution >= 0.6 is 0 Å². The highest BCUT2D eigenvalue weighted by atomic mass is 16.5. The minimum Gasteiger partial charge on any atom is -0.466 e. The lowest BCUT2D eigenvalue weighted by molar-refractivity contribution is -0.143. The van der Waals surface area contributed by atoms with Gasteiger partial charge in [0.05, 0.1) is 13.0 Å². The highest BCUT2D eigenvalue weighted by molar-refractivity contribution is 5.69. The summed E-state index contributed by atoms with van der Waals surface area (Å²) in [5.74, 6) is -0.130. The van der Waals surface area contributed by atoms with E-state index in [0.29, 0.717) is 19.4 Å². The molecule has 0 aliphatic rings. The number of carbonyl (C=O) groups is 1. The van der Waals surface area contributed by atoms with Gasteiger partial charge in [-0.15, -0.1) is 0 Å². The van der Waals surface area contributed by atoms with Gasteiger partial charge in [0.15, 0.2) is 0 Å². The molecule has 0 spiro atoms. The van der Waals surface area contributed by atoms with Crippen molar-refractivity contribution in [2.75, 3.05) is 6.61 Å². The van der Waals surface area contributed by atoms with E-state index in [1.807, 2.05) is 18.2 Å². The first-order valence-electron chi connectivity index (χ1n) is 5.38. The van der Waals surface area contributed by atoms with E-state index in [2.05, 4.69) is 11.9 Å². The van der Waals surface area contributed by atoms with Gasteiger partial charge in [-0.3, -0.25) is 9.78 Å². The second kappa shape index (κ2) is 6.98. The third-order valence-corrected chi connectivity index (χ3v) is 2.07. The molecule has 1 aromatic heterocycles. The van der Waals surface area contributed by atoms with E-state index in [0.717, 1.165) is 18.5 Å². The summed E-state index contributed by atoms with van der Waals surface area (Å²) in [6, 6.07) is 5.70. The van der Waals surface area contributed by atoms with Crippen LogP contribution in [0.4, 0.5) is 0 Å². The minimum atomic E-state index is -0.130. The van der Waals surface area contributed by atoms with Gasteiger partial charge in [-0.2, -0.15) is 0 Å². The predicted octanol–water partition coefficient (Wildman–Crippen LogP) is 2.36. The van der Waals surface area contributed by atoms with Gasteiger partial charge in [0.1, 0.15) is 0 Å². The molecular formula is C12H17NO2. The van der Waals surface area contributed by atoms with Crippen LogP contribution in [-0.4, -0.2) is 17.6 Å². The molecule has 0 amide bonds. The van der Waals surface area contributed by atoms with Crippen LogP contribution in [0.5, 0.6) is 0 Å². The number of ether oxygens (including phenoxy) is 1. The maximum atomic E-state index is 11.2. The van der Waals surface area contributed by atoms with Gasteiger partial charge in [0.25, 0.3) is 0 Å². The Kier molecular flexibility index (Phi) is 5.44. The smallest absolute Gasteiger partial charge is 0.306 e. The van der Waals surface area contributed by atoms with Crippen LogP contribution in [0.1, 0.15) is 31.9 Å². The summed E-state index contributed by atoms with van der Waals surface area (Å²) in [4.78, 5) is 15.4. The van der Waals surface area contributed by atoms with Gasteiger partial charge in [-0.05, 0) is 18.6 Å². The van der Waals surface area contributed by atoms with E-state index in [-0.39, 0.29) is 5.97 Å². The number of esters is 1. The molecule has 0 radical (unpaired) electrons. The monoisotopic (exact) mass is 207 g/mol. The molecule has 0 aliphatic heterocycles. The van der Waals surface area contributed by atoms with E-state index >= 15 is 0 Å². The van der Waals surface area contributed by atoms with Crippen molar-refractivity contribution >= 4 is 5.97 Å². The second-order valence-electron chi connectivity index (χ2n) is 3.40. The number of nitrogens with zero attached hydrogens (tertiary/aromatic N) is 1. The molecule has 82 valence electrons. The summed E-state index contributed by atoms with van der Waals surface area (Å²) in [5.41, 5.74) is 0.935. The Morgan fingerprint density at radius 1 is 1.47 bits per heavy atom. The summed E-state index contributed by atoms with van der Waals surface area (Å²) in [7, 11) is 0. The van der Waals surface area contributed by atoms with Crippen LogP contribution in [0.3, 0.4) is 0 Å². The van der Waals surface area contributed by atoms with Crippen LogP contribution in [0.2, 0.25) is 0 Å². The molecule has 0 aromatic carbocycles. The summed E-state index contributed by atoms with van der Waals surface area (Å²) in [6.07, 6.45) is 4.80. The fourth-order valence-corrected chi connectivity index (χ4v) is 1.18. The Morgan fingerprint density at radius 2 is 2.33 bits per heavy atom. The molecule has 0 saturated carbocycles. The Labute approximate surface area is 90.5 Å². The summed E-state index contributed by atoms with van der Waals surface area (Å²) >= 11 is 0. The molecule has 0 N–H and O–H groups in total. The average Bonchev–Trinajstić information content (AvgIpc) is 2.28. The first-order chi connectivity index (χ1) is 7.33. The summed E-state index contributed by atoms with van der Waals surface area (Å²) in [5, 5.41) is 0. The number of rotatable bonds is 6. The molecule has 3 heteroatoms. The number of aryl methyl sites for hydroxylation is 1. The molecule has 15 heavy (non-hydrogen) atoms. The molecule has 0 bridgehead atoms. The highest BCUT2D eigenvalue weighted by Crippen LogP contribution is 2.00. The normalized spacial score (nSPS) is 9.93. The lowest BCUT2D eigenvalue weighted by Gasteiger charge is -2.03. The zero-order valence-corrected chi connectivity index (χ0v) is 9.11. The van der Waals surface area contributed by atoms with E-state index in [9.17, 15) is 4.79 Å². The van der Waals surface area contributed by atoms with Crippen LogP contribution in [0, 0.1) is 0 Å². The minimum absolute atomic E-state index is 0.130. The van der Waals surface area contributed by atoms with Gasteiger partial charge >= 0.3 is 5.97 Å². The molecule has 0 unspecified atom stereocenters. The van der Waals surface area contributed by atoms with Crippen LogP contribution in [0.25, 0.3) is 0 Å². The SMILES string of the molecule is CCCCOC(=O)CCc1ccccn1. The van der Waals surface area contributed by atoms with Crippen molar-refractivity contribution in [3.8, 4) is 0 Å². The molecular weight excluding hydrogens is 190 g/mol. The number of aromatic nitrogens is 1. The van der Waals surface area contributed by atoms with Crippen molar-refractivity contribution in [2.24, 2.45) is 0 Å². The number of carbonyl (C=O) groups excluding carboxylic acids is 1. The van der Waals surface area contributed by atoms with Crippen molar-refractivity contribution in [2.45, 2.75) is 32.6 Å². The van der Waals surface area contributed by atoms with Crippen molar-refractivity contribution in [1.82, 2.24) is 4.98 Å². The van der Waals surface area contributed by atoms with Gasteiger partial charge in [0.2, 0.25) is 0 Å². The third kappa shape index (κ3) is 5.15. The molecule has 1 heterocycles. The third-order valence-electron chi connectivity index (χ3n) is 2.07. The van der Waals surface area contributed by atoms with Gasteiger partial charge in [-0.1, -0.05) is 19.4 Å². The Hall–Kier alpha value is -1.38. The van der Waals surface area contributed by atoms with E-state index in [1.54, 1.807) is 6.20 Å². The van der Waals surface area contributed by atoms with Crippen LogP contribution in [-0.2, 0) is 16.0 Å². The van der Waals surface area contributed by atoms with Crippen molar-refractivity contribution < 1.29 is 9.53 Å². The first kappa shape index (κ1) is 11.7. The maximum Gasteiger partial charge on any atom is 0.306 e. The second-order valence-corrected chi connectivity index (χ2v) is 3.40. The Bertz CT molecular complexity index is 285. The largest absolute Gasteiger partial charge is 0.466 e. The number of pyridine rings is 1. The van der Waals surface area contributed by atoms with E-state index in [1.165, 1.54) is 0 Å². The molecule has 0 atom stereocenters. The molecule has 0 aliphatic carbocycles. The fraction of sp³-hybridized carbons (Fsp3) is 0.500. The van der Waals surface area contributed by atoms with E-state index in [4.69, 9.17) is 4.74 Å². The zero-order valence-electron chi connectivity index (χ0n) is 9.11. The summed E-state index contributed by atoms with van der Waals surface area (Å²) < 4.78 is 5.04. The lowest BCUT2D eigenvalue weighted by Crippen LogP contribution is -2.07. The van der Waals surface area contributed by atoms with Gasteiger partial charge in [0, 0.05) is 18.3 Å². The van der Waals surface area contributed by atoms with Gasteiger partial charge < -0.3 is 4.74 Å². The summed E-state index contributed by atoms with van der Waals surface area (Å²) in [6.45, 7) is 2.61. The van der Waals surface area contributed by atoms with Crippen molar-refractivity contribution in [3.05, 3.63) is 30.1 Å². The van der Waals surface area contributed by atoms with Crippen LogP contribution in [0.15, 0.2) is 24.4 Å². The molecule has 3 nitrogen and oxygen atoms in total. The standard InChI is InChI=1S/C12H17NO2/c1-2-3-10-15-12(14)8-7-11-6-4-5-9-13-11/h4-6,9H,2-3,7-8,10H2,1H3. The predicted molar refractivity (Wildman–Crippen MR) is 58.4 cm³/mol. The average molecular weight is 207 g/mol. The van der Waals surface area contributed by atoms with Crippen molar-refractivity contribution in [3.63, 3.8) is 0 Å². The number of unbranched alkanes of at least 4 members (excludes halogenated alkanes) is 1.